The number of fused-ring (bicyclic) bond motifs is 1. The molecule has 1 aromatic carbocycles. The van der Waals surface area contributed by atoms with Crippen LogP contribution in [0.1, 0.15) is 25.6 Å². The second-order valence-electron chi connectivity index (χ2n) is 5.53. The molecule has 1 aliphatic rings. The second-order valence-corrected chi connectivity index (χ2v) is 5.53. The number of aryl methyl sites for hydroxylation is 1. The van der Waals surface area contributed by atoms with E-state index in [1.165, 1.54) is 0 Å². The van der Waals surface area contributed by atoms with E-state index < -0.39 is 5.97 Å². The minimum atomic E-state index is -0.414. The number of carbonyl (C=O) groups is 2. The van der Waals surface area contributed by atoms with E-state index in [-0.39, 0.29) is 32.1 Å². The van der Waals surface area contributed by atoms with Crippen molar-refractivity contribution in [3.8, 4) is 5.75 Å². The maximum absolute atomic E-state index is 12.0. The number of nitrogens with zero attached hydrogens (tertiary/aromatic N) is 5. The van der Waals surface area contributed by atoms with Gasteiger partial charge in [-0.25, -0.2) is 4.68 Å². The van der Waals surface area contributed by atoms with Crippen LogP contribution in [0.4, 0.5) is 5.69 Å². The van der Waals surface area contributed by atoms with E-state index in [0.717, 1.165) is 6.42 Å². The fourth-order valence-electron chi connectivity index (χ4n) is 2.53. The highest BCUT2D eigenvalue weighted by Gasteiger charge is 2.25. The molecular formula is C16H19N5O4. The van der Waals surface area contributed by atoms with Crippen LogP contribution in [-0.2, 0) is 27.5 Å². The monoisotopic (exact) mass is 345 g/mol. The number of amides is 1. The van der Waals surface area contributed by atoms with Crippen LogP contribution in [0.2, 0.25) is 0 Å². The molecule has 9 heteroatoms. The maximum Gasteiger partial charge on any atom is 0.308 e. The quantitative estimate of drug-likeness (QED) is 0.689. The highest BCUT2D eigenvalue weighted by Crippen LogP contribution is 2.31. The molecule has 9 nitrogen and oxygen atoms in total. The van der Waals surface area contributed by atoms with Crippen molar-refractivity contribution in [3.63, 3.8) is 0 Å². The van der Waals surface area contributed by atoms with Gasteiger partial charge in [0.2, 0.25) is 0 Å². The average molecular weight is 345 g/mol. The lowest BCUT2D eigenvalue weighted by molar-refractivity contribution is -0.145. The third-order valence-electron chi connectivity index (χ3n) is 3.75. The van der Waals surface area contributed by atoms with Crippen LogP contribution in [0, 0.1) is 0 Å². The molecule has 0 fully saturated rings. The Labute approximate surface area is 144 Å². The van der Waals surface area contributed by atoms with Gasteiger partial charge >= 0.3 is 5.97 Å². The summed E-state index contributed by atoms with van der Waals surface area (Å²) < 4.78 is 12.2. The van der Waals surface area contributed by atoms with E-state index in [1.54, 1.807) is 21.7 Å². The first kappa shape index (κ1) is 16.9. The molecule has 1 amide bonds. The second kappa shape index (κ2) is 7.73. The molecular weight excluding hydrogens is 326 g/mol. The predicted molar refractivity (Wildman–Crippen MR) is 86.8 cm³/mol. The van der Waals surface area contributed by atoms with Gasteiger partial charge in [-0.1, -0.05) is 19.1 Å². The predicted octanol–water partition coefficient (Wildman–Crippen LogP) is 0.942. The van der Waals surface area contributed by atoms with Crippen LogP contribution in [0.5, 0.6) is 5.75 Å². The van der Waals surface area contributed by atoms with Crippen molar-refractivity contribution in [2.45, 2.75) is 32.9 Å². The van der Waals surface area contributed by atoms with E-state index >= 15 is 0 Å². The van der Waals surface area contributed by atoms with Gasteiger partial charge in [-0.15, -0.1) is 5.10 Å². The van der Waals surface area contributed by atoms with Crippen LogP contribution >= 0.6 is 0 Å². The summed E-state index contributed by atoms with van der Waals surface area (Å²) in [6.45, 7) is 2.89. The fourth-order valence-corrected chi connectivity index (χ4v) is 2.53. The molecule has 3 rings (SSSR count). The molecule has 2 heterocycles. The van der Waals surface area contributed by atoms with Gasteiger partial charge in [-0.05, 0) is 29.0 Å². The first-order valence-corrected chi connectivity index (χ1v) is 8.12. The van der Waals surface area contributed by atoms with Crippen LogP contribution in [-0.4, -0.2) is 45.2 Å². The SMILES string of the molecule is CCCn1nnnc1COC(=O)CCN1C(=O)COc2ccccc21. The third kappa shape index (κ3) is 3.93. The van der Waals surface area contributed by atoms with Crippen LogP contribution in [0.3, 0.4) is 0 Å². The third-order valence-corrected chi connectivity index (χ3v) is 3.75. The smallest absolute Gasteiger partial charge is 0.308 e. The van der Waals surface area contributed by atoms with Gasteiger partial charge in [0.15, 0.2) is 19.0 Å². The van der Waals surface area contributed by atoms with Gasteiger partial charge in [-0.2, -0.15) is 0 Å². The van der Waals surface area contributed by atoms with E-state index in [0.29, 0.717) is 23.8 Å². The first-order chi connectivity index (χ1) is 12.2. The molecule has 0 N–H and O–H groups in total. The molecule has 2 aromatic rings. The molecule has 0 saturated carbocycles. The highest BCUT2D eigenvalue weighted by atomic mass is 16.5. The lowest BCUT2D eigenvalue weighted by Crippen LogP contribution is -2.40. The molecule has 0 aliphatic carbocycles. The number of ether oxygens (including phenoxy) is 2. The van der Waals surface area contributed by atoms with Gasteiger partial charge in [0, 0.05) is 13.1 Å². The summed E-state index contributed by atoms with van der Waals surface area (Å²) in [5.41, 5.74) is 0.665. The molecule has 0 saturated heterocycles. The van der Waals surface area contributed by atoms with E-state index in [1.807, 2.05) is 19.1 Å². The molecule has 132 valence electrons. The summed E-state index contributed by atoms with van der Waals surface area (Å²) in [6, 6.07) is 7.23. The summed E-state index contributed by atoms with van der Waals surface area (Å²) in [5.74, 6) is 0.540. The van der Waals surface area contributed by atoms with Crippen molar-refractivity contribution < 1.29 is 19.1 Å². The molecule has 1 aliphatic heterocycles. The number of benzene rings is 1. The largest absolute Gasteiger partial charge is 0.482 e. The van der Waals surface area contributed by atoms with Crippen LogP contribution < -0.4 is 9.64 Å². The summed E-state index contributed by atoms with van der Waals surface area (Å²) in [6.07, 6.45) is 0.958. The Hall–Kier alpha value is -2.97. The van der Waals surface area contributed by atoms with Crippen molar-refractivity contribution in [1.29, 1.82) is 0 Å². The van der Waals surface area contributed by atoms with Crippen molar-refractivity contribution >= 4 is 17.6 Å². The van der Waals surface area contributed by atoms with Crippen molar-refractivity contribution in [1.82, 2.24) is 20.2 Å². The van der Waals surface area contributed by atoms with Crippen LogP contribution in [0.15, 0.2) is 24.3 Å². The number of para-hydroxylation sites is 2. The Kier molecular flexibility index (Phi) is 5.22. The summed E-state index contributed by atoms with van der Waals surface area (Å²) in [4.78, 5) is 25.6. The Balaban J connectivity index is 1.54. The number of hydrogen-bond donors (Lipinski definition) is 0. The molecule has 0 unspecified atom stereocenters. The summed E-state index contributed by atoms with van der Waals surface area (Å²) in [7, 11) is 0. The molecule has 0 radical (unpaired) electrons. The lowest BCUT2D eigenvalue weighted by Gasteiger charge is -2.28. The standard InChI is InChI=1S/C16H19N5O4/c1-2-8-21-14(17-18-19-21)10-25-16(23)7-9-20-12-5-3-4-6-13(12)24-11-15(20)22/h3-6H,2,7-11H2,1H3. The number of rotatable bonds is 7. The minimum Gasteiger partial charge on any atom is -0.482 e. The molecule has 0 bridgehead atoms. The number of hydrogen-bond acceptors (Lipinski definition) is 7. The Morgan fingerprint density at radius 2 is 2.16 bits per heavy atom. The summed E-state index contributed by atoms with van der Waals surface area (Å²) in [5, 5.41) is 11.3. The normalized spacial score (nSPS) is 13.3. The number of carbonyl (C=O) groups excluding carboxylic acids is 2. The Bertz CT molecular complexity index is 760. The average Bonchev–Trinajstić information content (AvgIpc) is 3.06. The van der Waals surface area contributed by atoms with E-state index in [4.69, 9.17) is 9.47 Å². The number of anilines is 1. The number of esters is 1. The topological polar surface area (TPSA) is 99.4 Å². The van der Waals surface area contributed by atoms with E-state index in [9.17, 15) is 9.59 Å². The van der Waals surface area contributed by atoms with Crippen LogP contribution in [0.25, 0.3) is 0 Å². The van der Waals surface area contributed by atoms with Gasteiger partial charge in [0.25, 0.3) is 5.91 Å². The molecule has 0 atom stereocenters. The minimum absolute atomic E-state index is 0.0134. The lowest BCUT2D eigenvalue weighted by atomic mass is 10.2. The van der Waals surface area contributed by atoms with Gasteiger partial charge in [-0.3, -0.25) is 9.59 Å². The van der Waals surface area contributed by atoms with Gasteiger partial charge in [0.1, 0.15) is 5.75 Å². The zero-order valence-electron chi connectivity index (χ0n) is 13.9. The van der Waals surface area contributed by atoms with Crippen molar-refractivity contribution in [3.05, 3.63) is 30.1 Å². The zero-order valence-corrected chi connectivity index (χ0v) is 13.9. The maximum atomic E-state index is 12.0. The number of tetrazole rings is 1. The highest BCUT2D eigenvalue weighted by molar-refractivity contribution is 5.98. The number of aromatic nitrogens is 4. The Morgan fingerprint density at radius 1 is 1.32 bits per heavy atom. The van der Waals surface area contributed by atoms with Gasteiger partial charge in [0.05, 0.1) is 12.1 Å². The summed E-state index contributed by atoms with van der Waals surface area (Å²) >= 11 is 0. The fraction of sp³-hybridized carbons (Fsp3) is 0.438. The molecule has 1 aromatic heterocycles. The first-order valence-electron chi connectivity index (χ1n) is 8.12. The van der Waals surface area contributed by atoms with Gasteiger partial charge < -0.3 is 14.4 Å². The van der Waals surface area contributed by atoms with Crippen molar-refractivity contribution in [2.75, 3.05) is 18.1 Å². The van der Waals surface area contributed by atoms with E-state index in [2.05, 4.69) is 15.5 Å². The van der Waals surface area contributed by atoms with Crippen molar-refractivity contribution in [2.24, 2.45) is 0 Å². The zero-order chi connectivity index (χ0) is 17.6. The molecule has 0 spiro atoms. The Morgan fingerprint density at radius 3 is 3.00 bits per heavy atom. The molecule has 25 heavy (non-hydrogen) atoms.